The number of imidazole rings is 1. The summed E-state index contributed by atoms with van der Waals surface area (Å²) in [6.45, 7) is 0. The number of aryl methyl sites for hydroxylation is 1. The van der Waals surface area contributed by atoms with Gasteiger partial charge >= 0.3 is 102 Å². The Morgan fingerprint density at radius 3 is 2.76 bits per heavy atom. The molecule has 1 aromatic heterocycles. The van der Waals surface area contributed by atoms with E-state index in [2.05, 4.69) is 40.0 Å². The Morgan fingerprint density at radius 2 is 2.12 bits per heavy atom. The first-order chi connectivity index (χ1) is 7.79. The molecule has 0 bridgehead atoms. The molecule has 5 heteroatoms. The molecular weight excluding hydrogens is 303 g/mol. The fourth-order valence-electron chi connectivity index (χ4n) is 1.46. The van der Waals surface area contributed by atoms with Gasteiger partial charge in [-0.2, -0.15) is 0 Å². The molecule has 17 heavy (non-hydrogen) atoms. The molecule has 0 atom stereocenters. The molecule has 0 spiro atoms. The fraction of sp³-hybridized carbons (Fsp3) is 0.250. The van der Waals surface area contributed by atoms with Crippen LogP contribution in [0.3, 0.4) is 0 Å². The number of para-hydroxylation sites is 1. The molecule has 0 fully saturated rings. The molecule has 2 rings (SSSR count). The third-order valence-corrected chi connectivity index (χ3v) is 4.52. The van der Waals surface area contributed by atoms with Gasteiger partial charge in [0.25, 0.3) is 0 Å². The van der Waals surface area contributed by atoms with Crippen LogP contribution in [0.2, 0.25) is 0 Å². The number of rotatable bonds is 4. The SMILES string of the molecule is COc1ccccc1[Se]Cn1cc[n+](C)c1.[Cl-]. The number of hydrogen-bond acceptors (Lipinski definition) is 1. The van der Waals surface area contributed by atoms with E-state index in [1.807, 2.05) is 19.2 Å². The van der Waals surface area contributed by atoms with Gasteiger partial charge in [0.1, 0.15) is 0 Å². The minimum Gasteiger partial charge on any atom is -1.00 e. The predicted molar refractivity (Wildman–Crippen MR) is 64.0 cm³/mol. The Balaban J connectivity index is 0.00000144. The van der Waals surface area contributed by atoms with E-state index in [4.69, 9.17) is 4.74 Å². The first-order valence-corrected chi connectivity index (χ1v) is 7.13. The maximum absolute atomic E-state index is 5.34. The average molecular weight is 318 g/mol. The summed E-state index contributed by atoms with van der Waals surface area (Å²) in [5.74, 6) is 0.999. The van der Waals surface area contributed by atoms with Gasteiger partial charge in [-0.25, -0.2) is 0 Å². The first-order valence-electron chi connectivity index (χ1n) is 5.06. The van der Waals surface area contributed by atoms with Crippen LogP contribution >= 0.6 is 0 Å². The Labute approximate surface area is 114 Å². The molecule has 0 aliphatic heterocycles. The molecule has 0 radical (unpaired) electrons. The van der Waals surface area contributed by atoms with E-state index in [-0.39, 0.29) is 12.4 Å². The van der Waals surface area contributed by atoms with Gasteiger partial charge in [0.2, 0.25) is 0 Å². The Kier molecular flexibility index (Phi) is 5.56. The zero-order valence-corrected chi connectivity index (χ0v) is 12.3. The standard InChI is InChI=1S/C12H15N2OSe.ClH/c1-13-7-8-14(9-13)10-16-12-6-4-3-5-11(12)15-2;/h3-9H,10H2,1-2H3;1H/q+1;/p-1. The van der Waals surface area contributed by atoms with E-state index >= 15 is 0 Å². The largest absolute Gasteiger partial charge is 1.00 e. The van der Waals surface area contributed by atoms with Gasteiger partial charge in [0.05, 0.1) is 0 Å². The summed E-state index contributed by atoms with van der Waals surface area (Å²) >= 11 is 0.401. The van der Waals surface area contributed by atoms with Crippen LogP contribution in [0.1, 0.15) is 0 Å². The van der Waals surface area contributed by atoms with Crippen LogP contribution < -0.4 is 26.2 Å². The summed E-state index contributed by atoms with van der Waals surface area (Å²) in [4.78, 5) is 0. The van der Waals surface area contributed by atoms with Crippen LogP contribution in [-0.4, -0.2) is 26.6 Å². The van der Waals surface area contributed by atoms with E-state index < -0.39 is 0 Å². The first kappa shape index (κ1) is 14.1. The molecule has 1 heterocycles. The minimum absolute atomic E-state index is 0. The van der Waals surface area contributed by atoms with Crippen molar-refractivity contribution in [3.05, 3.63) is 43.0 Å². The van der Waals surface area contributed by atoms with Gasteiger partial charge in [0, 0.05) is 0 Å². The molecule has 0 amide bonds. The van der Waals surface area contributed by atoms with Crippen LogP contribution in [0, 0.1) is 0 Å². The van der Waals surface area contributed by atoms with Crippen molar-refractivity contribution in [3.8, 4) is 5.75 Å². The molecule has 2 aromatic rings. The van der Waals surface area contributed by atoms with E-state index in [1.165, 1.54) is 4.46 Å². The van der Waals surface area contributed by atoms with Crippen LogP contribution in [0.5, 0.6) is 5.75 Å². The maximum Gasteiger partial charge on any atom is -1.00 e. The van der Waals surface area contributed by atoms with Crippen molar-refractivity contribution in [2.45, 2.75) is 5.44 Å². The monoisotopic (exact) mass is 318 g/mol. The second-order valence-corrected chi connectivity index (χ2v) is 5.59. The van der Waals surface area contributed by atoms with Crippen molar-refractivity contribution >= 4 is 19.4 Å². The van der Waals surface area contributed by atoms with E-state index in [0.29, 0.717) is 15.0 Å². The fourth-order valence-corrected chi connectivity index (χ4v) is 3.37. The van der Waals surface area contributed by atoms with Gasteiger partial charge in [0.15, 0.2) is 0 Å². The number of benzene rings is 1. The number of halogens is 1. The van der Waals surface area contributed by atoms with Gasteiger partial charge in [-0.05, 0) is 0 Å². The van der Waals surface area contributed by atoms with Crippen molar-refractivity contribution in [2.24, 2.45) is 7.05 Å². The van der Waals surface area contributed by atoms with Crippen molar-refractivity contribution in [1.82, 2.24) is 4.57 Å². The number of nitrogens with zero attached hydrogens (tertiary/aromatic N) is 2. The molecule has 92 valence electrons. The van der Waals surface area contributed by atoms with Crippen molar-refractivity contribution in [2.75, 3.05) is 7.11 Å². The van der Waals surface area contributed by atoms with E-state index in [9.17, 15) is 0 Å². The second-order valence-electron chi connectivity index (χ2n) is 3.52. The second kappa shape index (κ2) is 6.70. The third-order valence-electron chi connectivity index (χ3n) is 2.26. The van der Waals surface area contributed by atoms with Crippen LogP contribution in [-0.2, 0) is 12.5 Å². The third kappa shape index (κ3) is 3.77. The molecule has 0 aliphatic carbocycles. The van der Waals surface area contributed by atoms with Crippen molar-refractivity contribution < 1.29 is 21.7 Å². The Bertz CT molecular complexity index is 473. The quantitative estimate of drug-likeness (QED) is 0.444. The summed E-state index contributed by atoms with van der Waals surface area (Å²) in [5.41, 5.74) is 1.04. The molecule has 0 saturated carbocycles. The molecule has 0 aliphatic rings. The minimum atomic E-state index is 0. The summed E-state index contributed by atoms with van der Waals surface area (Å²) in [6, 6.07) is 8.23. The molecule has 0 N–H and O–H groups in total. The predicted octanol–water partition coefficient (Wildman–Crippen LogP) is -2.69. The van der Waals surface area contributed by atoms with Gasteiger partial charge in [-0.3, -0.25) is 0 Å². The van der Waals surface area contributed by atoms with Crippen molar-refractivity contribution in [1.29, 1.82) is 0 Å². The molecule has 0 saturated heterocycles. The summed E-state index contributed by atoms with van der Waals surface area (Å²) in [6.07, 6.45) is 6.24. The summed E-state index contributed by atoms with van der Waals surface area (Å²) < 4.78 is 10.9. The maximum atomic E-state index is 5.34. The van der Waals surface area contributed by atoms with Crippen LogP contribution in [0.4, 0.5) is 0 Å². The molecular formula is C12H15ClN2OSe. The number of hydrogen-bond donors (Lipinski definition) is 0. The number of methoxy groups -OCH3 is 1. The zero-order chi connectivity index (χ0) is 11.4. The Hall–Kier alpha value is -0.961. The van der Waals surface area contributed by atoms with Crippen LogP contribution in [0.25, 0.3) is 0 Å². The van der Waals surface area contributed by atoms with E-state index in [0.717, 1.165) is 11.2 Å². The number of aromatic nitrogens is 2. The molecule has 1 aromatic carbocycles. The van der Waals surface area contributed by atoms with Crippen LogP contribution in [0.15, 0.2) is 43.0 Å². The number of ether oxygens (including phenoxy) is 1. The Morgan fingerprint density at radius 1 is 1.35 bits per heavy atom. The summed E-state index contributed by atoms with van der Waals surface area (Å²) in [5, 5.41) is 0. The zero-order valence-electron chi connectivity index (χ0n) is 9.84. The molecule has 3 nitrogen and oxygen atoms in total. The average Bonchev–Trinajstić information content (AvgIpc) is 2.73. The van der Waals surface area contributed by atoms with Crippen molar-refractivity contribution in [3.63, 3.8) is 0 Å². The topological polar surface area (TPSA) is 18.0 Å². The smallest absolute Gasteiger partial charge is 1.00 e. The van der Waals surface area contributed by atoms with Gasteiger partial charge in [-0.1, -0.05) is 0 Å². The van der Waals surface area contributed by atoms with Gasteiger partial charge in [-0.15, -0.1) is 0 Å². The molecule has 0 unspecified atom stereocenters. The normalized spacial score (nSPS) is 9.76. The summed E-state index contributed by atoms with van der Waals surface area (Å²) in [7, 11) is 3.76. The van der Waals surface area contributed by atoms with E-state index in [1.54, 1.807) is 7.11 Å². The van der Waals surface area contributed by atoms with Gasteiger partial charge < -0.3 is 12.4 Å².